The first kappa shape index (κ1) is 21.1. The van der Waals surface area contributed by atoms with Gasteiger partial charge in [-0.3, -0.25) is 9.79 Å². The number of furan rings is 1. The minimum Gasteiger partial charge on any atom is -0.493 e. The number of methoxy groups -OCH3 is 1. The van der Waals surface area contributed by atoms with Gasteiger partial charge in [0.1, 0.15) is 6.61 Å². The maximum absolute atomic E-state index is 12.4. The molecule has 0 unspecified atom stereocenters. The number of amides is 1. The molecule has 1 aliphatic heterocycles. The van der Waals surface area contributed by atoms with Crippen LogP contribution < -0.4 is 14.8 Å². The first-order chi connectivity index (χ1) is 14.7. The number of guanidine groups is 1. The number of rotatable bonds is 6. The summed E-state index contributed by atoms with van der Waals surface area (Å²) in [6, 6.07) is 9.12. The van der Waals surface area contributed by atoms with Crippen LogP contribution in [0.1, 0.15) is 16.1 Å². The van der Waals surface area contributed by atoms with E-state index in [1.54, 1.807) is 31.2 Å². The average Bonchev–Trinajstić information content (AvgIpc) is 3.33. The average molecular weight is 410 g/mol. The third-order valence-corrected chi connectivity index (χ3v) is 4.80. The molecular formula is C22H26N4O4. The molecule has 1 N–H and O–H groups in total. The quantitative estimate of drug-likeness (QED) is 0.445. The van der Waals surface area contributed by atoms with Crippen LogP contribution in [0.3, 0.4) is 0 Å². The highest BCUT2D eigenvalue weighted by molar-refractivity contribution is 5.91. The molecule has 0 saturated carbocycles. The minimum absolute atomic E-state index is 0.0830. The molecule has 0 aliphatic carbocycles. The van der Waals surface area contributed by atoms with Crippen molar-refractivity contribution in [1.82, 2.24) is 15.1 Å². The van der Waals surface area contributed by atoms with Crippen LogP contribution in [0.5, 0.6) is 11.5 Å². The van der Waals surface area contributed by atoms with Crippen LogP contribution in [0.4, 0.5) is 0 Å². The van der Waals surface area contributed by atoms with Crippen molar-refractivity contribution in [2.24, 2.45) is 4.99 Å². The van der Waals surface area contributed by atoms with Gasteiger partial charge >= 0.3 is 0 Å². The van der Waals surface area contributed by atoms with Gasteiger partial charge in [0.2, 0.25) is 0 Å². The van der Waals surface area contributed by atoms with Crippen LogP contribution in [0.15, 0.2) is 46.0 Å². The van der Waals surface area contributed by atoms with Crippen molar-refractivity contribution in [2.45, 2.75) is 6.54 Å². The molecule has 1 saturated heterocycles. The molecule has 0 spiro atoms. The molecule has 0 radical (unpaired) electrons. The molecule has 1 amide bonds. The number of hydrogen-bond donors (Lipinski definition) is 1. The summed E-state index contributed by atoms with van der Waals surface area (Å²) in [5.41, 5.74) is 1.01. The van der Waals surface area contributed by atoms with Gasteiger partial charge in [-0.1, -0.05) is 12.0 Å². The van der Waals surface area contributed by atoms with Crippen LogP contribution in [0.2, 0.25) is 0 Å². The smallest absolute Gasteiger partial charge is 0.289 e. The first-order valence-electron chi connectivity index (χ1n) is 9.67. The van der Waals surface area contributed by atoms with Crippen LogP contribution in [0.25, 0.3) is 0 Å². The lowest BCUT2D eigenvalue weighted by Crippen LogP contribution is -2.53. The lowest BCUT2D eigenvalue weighted by atomic mass is 10.2. The van der Waals surface area contributed by atoms with Gasteiger partial charge < -0.3 is 29.0 Å². The van der Waals surface area contributed by atoms with E-state index >= 15 is 0 Å². The Bertz CT molecular complexity index is 910. The van der Waals surface area contributed by atoms with E-state index in [0.29, 0.717) is 50.0 Å². The number of carbonyl (C=O) groups excluding carboxylic acids is 1. The fourth-order valence-corrected chi connectivity index (χ4v) is 3.25. The Kier molecular flexibility index (Phi) is 7.22. The molecule has 2 heterocycles. The third kappa shape index (κ3) is 5.06. The van der Waals surface area contributed by atoms with E-state index in [4.69, 9.17) is 20.3 Å². The molecule has 1 aliphatic rings. The normalized spacial score (nSPS) is 14.2. The second-order valence-corrected chi connectivity index (χ2v) is 6.64. The summed E-state index contributed by atoms with van der Waals surface area (Å²) in [6.45, 7) is 3.32. The Hall–Kier alpha value is -3.60. The van der Waals surface area contributed by atoms with E-state index in [0.717, 1.165) is 11.5 Å². The Balaban J connectivity index is 1.55. The van der Waals surface area contributed by atoms with Crippen LogP contribution in [-0.2, 0) is 6.54 Å². The Labute approximate surface area is 176 Å². The number of hydrogen-bond acceptors (Lipinski definition) is 5. The number of carbonyl (C=O) groups is 1. The molecule has 158 valence electrons. The van der Waals surface area contributed by atoms with Crippen molar-refractivity contribution in [3.8, 4) is 23.8 Å². The molecule has 0 bridgehead atoms. The zero-order valence-electron chi connectivity index (χ0n) is 17.3. The Morgan fingerprint density at radius 1 is 1.23 bits per heavy atom. The molecule has 30 heavy (non-hydrogen) atoms. The highest BCUT2D eigenvalue weighted by Crippen LogP contribution is 2.28. The largest absolute Gasteiger partial charge is 0.493 e. The number of aliphatic imine (C=N–C) groups is 1. The number of nitrogens with one attached hydrogen (secondary N) is 1. The third-order valence-electron chi connectivity index (χ3n) is 4.80. The van der Waals surface area contributed by atoms with Crippen molar-refractivity contribution in [2.75, 3.05) is 46.9 Å². The van der Waals surface area contributed by atoms with Gasteiger partial charge in [0.25, 0.3) is 5.91 Å². The summed E-state index contributed by atoms with van der Waals surface area (Å²) in [5, 5.41) is 3.37. The van der Waals surface area contributed by atoms with Crippen molar-refractivity contribution in [3.63, 3.8) is 0 Å². The predicted octanol–water partition coefficient (Wildman–Crippen LogP) is 1.83. The lowest BCUT2D eigenvalue weighted by molar-refractivity contribution is 0.0657. The minimum atomic E-state index is -0.0830. The predicted molar refractivity (Wildman–Crippen MR) is 114 cm³/mol. The molecule has 1 aromatic carbocycles. The summed E-state index contributed by atoms with van der Waals surface area (Å²) >= 11 is 0. The molecule has 8 heteroatoms. The van der Waals surface area contributed by atoms with Crippen LogP contribution >= 0.6 is 0 Å². The first-order valence-corrected chi connectivity index (χ1v) is 9.67. The second kappa shape index (κ2) is 10.3. The summed E-state index contributed by atoms with van der Waals surface area (Å²) in [5.74, 6) is 4.76. The fraction of sp³-hybridized carbons (Fsp3) is 0.364. The maximum atomic E-state index is 12.4. The van der Waals surface area contributed by atoms with Gasteiger partial charge in [-0.15, -0.1) is 6.42 Å². The highest BCUT2D eigenvalue weighted by atomic mass is 16.5. The molecule has 0 atom stereocenters. The van der Waals surface area contributed by atoms with Gasteiger partial charge in [-0.05, 0) is 29.8 Å². The summed E-state index contributed by atoms with van der Waals surface area (Å²) in [4.78, 5) is 20.7. The number of nitrogens with zero attached hydrogens (tertiary/aromatic N) is 3. The highest BCUT2D eigenvalue weighted by Gasteiger charge is 2.25. The van der Waals surface area contributed by atoms with E-state index in [9.17, 15) is 4.79 Å². The molecule has 1 fully saturated rings. The zero-order valence-corrected chi connectivity index (χ0v) is 17.3. The van der Waals surface area contributed by atoms with E-state index in [1.165, 1.54) is 6.26 Å². The van der Waals surface area contributed by atoms with E-state index < -0.39 is 0 Å². The summed E-state index contributed by atoms with van der Waals surface area (Å²) < 4.78 is 16.1. The monoisotopic (exact) mass is 410 g/mol. The lowest BCUT2D eigenvalue weighted by Gasteiger charge is -2.36. The molecule has 2 aromatic rings. The second-order valence-electron chi connectivity index (χ2n) is 6.64. The van der Waals surface area contributed by atoms with Gasteiger partial charge in [0.15, 0.2) is 23.2 Å². The zero-order chi connectivity index (χ0) is 21.3. The van der Waals surface area contributed by atoms with Crippen LogP contribution in [-0.4, -0.2) is 68.6 Å². The van der Waals surface area contributed by atoms with Crippen molar-refractivity contribution < 1.29 is 18.7 Å². The standard InChI is InChI=1S/C22H26N4O4/c1-4-13-29-20-15-17(7-8-18(20)28-3)16-24-22(23-2)26-11-9-25(10-12-26)21(27)19-6-5-14-30-19/h1,5-8,14-15H,9-13,16H2,2-3H3,(H,23,24). The number of benzene rings is 1. The number of piperazine rings is 1. The van der Waals surface area contributed by atoms with Crippen molar-refractivity contribution in [3.05, 3.63) is 47.9 Å². The number of terminal acetylenes is 1. The summed E-state index contributed by atoms with van der Waals surface area (Å²) in [6.07, 6.45) is 6.79. The molecular weight excluding hydrogens is 384 g/mol. The molecule has 1 aromatic heterocycles. The Morgan fingerprint density at radius 2 is 2.00 bits per heavy atom. The van der Waals surface area contributed by atoms with Crippen molar-refractivity contribution in [1.29, 1.82) is 0 Å². The Morgan fingerprint density at radius 3 is 2.63 bits per heavy atom. The van der Waals surface area contributed by atoms with Gasteiger partial charge in [-0.25, -0.2) is 0 Å². The van der Waals surface area contributed by atoms with Gasteiger partial charge in [0.05, 0.1) is 13.4 Å². The van der Waals surface area contributed by atoms with Gasteiger partial charge in [0, 0.05) is 39.8 Å². The fourth-order valence-electron chi connectivity index (χ4n) is 3.25. The number of ether oxygens (including phenoxy) is 2. The SMILES string of the molecule is C#CCOc1cc(CNC(=NC)N2CCN(C(=O)c3ccco3)CC2)ccc1OC. The topological polar surface area (TPSA) is 79.5 Å². The maximum Gasteiger partial charge on any atom is 0.289 e. The van der Waals surface area contributed by atoms with E-state index in [-0.39, 0.29) is 12.5 Å². The van der Waals surface area contributed by atoms with Crippen molar-refractivity contribution >= 4 is 11.9 Å². The molecule has 8 nitrogen and oxygen atoms in total. The summed E-state index contributed by atoms with van der Waals surface area (Å²) in [7, 11) is 3.34. The van der Waals surface area contributed by atoms with E-state index in [2.05, 4.69) is 21.1 Å². The van der Waals surface area contributed by atoms with E-state index in [1.807, 2.05) is 18.2 Å². The molecule has 3 rings (SSSR count). The van der Waals surface area contributed by atoms with Gasteiger partial charge in [-0.2, -0.15) is 0 Å². The van der Waals surface area contributed by atoms with Crippen LogP contribution in [0, 0.1) is 12.3 Å².